The molecule has 104 valence electrons. The number of hydrogen-bond donors (Lipinski definition) is 1. The summed E-state index contributed by atoms with van der Waals surface area (Å²) in [5, 5.41) is 0.541. The lowest BCUT2D eigenvalue weighted by Crippen LogP contribution is -2.06. The number of halogens is 1. The average molecular weight is 292 g/mol. The Kier molecular flexibility index (Phi) is 4.15. The van der Waals surface area contributed by atoms with Crippen LogP contribution >= 0.6 is 11.6 Å². The summed E-state index contributed by atoms with van der Waals surface area (Å²) in [5.74, 6) is 0.303. The van der Waals surface area contributed by atoms with E-state index >= 15 is 0 Å². The van der Waals surface area contributed by atoms with E-state index in [0.29, 0.717) is 16.5 Å². The number of para-hydroxylation sites is 1. The third kappa shape index (κ3) is 2.86. The summed E-state index contributed by atoms with van der Waals surface area (Å²) >= 11 is 5.95. The maximum absolute atomic E-state index is 11.7. The van der Waals surface area contributed by atoms with Gasteiger partial charge in [0.05, 0.1) is 12.8 Å². The first-order valence-electron chi connectivity index (χ1n) is 5.93. The van der Waals surface area contributed by atoms with E-state index < -0.39 is 5.97 Å². The van der Waals surface area contributed by atoms with Crippen LogP contribution in [0.15, 0.2) is 36.4 Å². The van der Waals surface area contributed by atoms with Crippen LogP contribution in [-0.4, -0.2) is 13.1 Å². The highest BCUT2D eigenvalue weighted by Gasteiger charge is 2.17. The molecule has 2 N–H and O–H groups in total. The van der Waals surface area contributed by atoms with Crippen LogP contribution in [0.4, 0.5) is 5.69 Å². The molecule has 0 aromatic heterocycles. The molecule has 0 saturated heterocycles. The smallest absolute Gasteiger partial charge is 0.341 e. The second kappa shape index (κ2) is 5.84. The maximum atomic E-state index is 11.7. The van der Waals surface area contributed by atoms with Gasteiger partial charge in [-0.25, -0.2) is 4.79 Å². The standard InChI is InChI=1S/C15H14ClNO3/c1-9-6-7-10(16)8-13(9)20-14-11(15(18)19-2)4-3-5-12(14)17/h3-8H,17H2,1-2H3. The molecule has 0 aliphatic rings. The Balaban J connectivity index is 2.47. The minimum atomic E-state index is -0.507. The minimum absolute atomic E-state index is 0.268. The van der Waals surface area contributed by atoms with E-state index in [1.807, 2.05) is 13.0 Å². The summed E-state index contributed by atoms with van der Waals surface area (Å²) in [6.07, 6.45) is 0. The number of hydrogen-bond acceptors (Lipinski definition) is 4. The lowest BCUT2D eigenvalue weighted by Gasteiger charge is -2.14. The molecule has 0 aliphatic carbocycles. The van der Waals surface area contributed by atoms with Gasteiger partial charge in [-0.05, 0) is 36.8 Å². The number of aryl methyl sites for hydroxylation is 1. The number of nitrogens with two attached hydrogens (primary N) is 1. The zero-order valence-corrected chi connectivity index (χ0v) is 11.9. The van der Waals surface area contributed by atoms with E-state index in [4.69, 9.17) is 26.8 Å². The summed E-state index contributed by atoms with van der Waals surface area (Å²) in [6.45, 7) is 1.88. The number of esters is 1. The second-order valence-electron chi connectivity index (χ2n) is 4.23. The third-order valence-corrected chi connectivity index (χ3v) is 3.05. The van der Waals surface area contributed by atoms with Crippen LogP contribution in [-0.2, 0) is 4.74 Å². The molecule has 0 saturated carbocycles. The van der Waals surface area contributed by atoms with E-state index in [1.54, 1.807) is 30.3 Å². The maximum Gasteiger partial charge on any atom is 0.341 e. The fourth-order valence-electron chi connectivity index (χ4n) is 1.73. The molecule has 0 bridgehead atoms. The summed E-state index contributed by atoms with van der Waals surface area (Å²) in [7, 11) is 1.31. The predicted octanol–water partition coefficient (Wildman–Crippen LogP) is 3.81. The van der Waals surface area contributed by atoms with Crippen LogP contribution in [0.5, 0.6) is 11.5 Å². The van der Waals surface area contributed by atoms with Crippen molar-refractivity contribution < 1.29 is 14.3 Å². The van der Waals surface area contributed by atoms with E-state index in [-0.39, 0.29) is 11.3 Å². The van der Waals surface area contributed by atoms with Crippen molar-refractivity contribution >= 4 is 23.3 Å². The van der Waals surface area contributed by atoms with E-state index in [1.165, 1.54) is 7.11 Å². The highest BCUT2D eigenvalue weighted by atomic mass is 35.5. The first-order chi connectivity index (χ1) is 9.52. The Bertz CT molecular complexity index is 656. The monoisotopic (exact) mass is 291 g/mol. The lowest BCUT2D eigenvalue weighted by atomic mass is 10.1. The van der Waals surface area contributed by atoms with Crippen molar-refractivity contribution in [3.8, 4) is 11.5 Å². The highest BCUT2D eigenvalue weighted by molar-refractivity contribution is 6.30. The van der Waals surface area contributed by atoms with Crippen molar-refractivity contribution in [2.75, 3.05) is 12.8 Å². The van der Waals surface area contributed by atoms with Crippen LogP contribution in [0, 0.1) is 6.92 Å². The Morgan fingerprint density at radius 1 is 1.25 bits per heavy atom. The van der Waals surface area contributed by atoms with Crippen molar-refractivity contribution in [1.82, 2.24) is 0 Å². The first-order valence-corrected chi connectivity index (χ1v) is 6.31. The van der Waals surface area contributed by atoms with Gasteiger partial charge in [0.1, 0.15) is 11.3 Å². The molecule has 20 heavy (non-hydrogen) atoms. The van der Waals surface area contributed by atoms with Gasteiger partial charge in [-0.2, -0.15) is 0 Å². The Hall–Kier alpha value is -2.20. The third-order valence-electron chi connectivity index (χ3n) is 2.81. The number of benzene rings is 2. The van der Waals surface area contributed by atoms with Gasteiger partial charge in [-0.3, -0.25) is 0 Å². The minimum Gasteiger partial charge on any atom is -0.465 e. The van der Waals surface area contributed by atoms with Crippen LogP contribution in [0.25, 0.3) is 0 Å². The number of carbonyl (C=O) groups excluding carboxylic acids is 1. The zero-order chi connectivity index (χ0) is 14.7. The fraction of sp³-hybridized carbons (Fsp3) is 0.133. The van der Waals surface area contributed by atoms with Crippen LogP contribution in [0.1, 0.15) is 15.9 Å². The van der Waals surface area contributed by atoms with Crippen LogP contribution < -0.4 is 10.5 Å². The molecule has 0 atom stereocenters. The summed E-state index contributed by atoms with van der Waals surface area (Å²) in [6, 6.07) is 10.2. The van der Waals surface area contributed by atoms with Gasteiger partial charge in [0.25, 0.3) is 0 Å². The summed E-state index contributed by atoms with van der Waals surface area (Å²) < 4.78 is 10.5. The molecule has 2 aromatic carbocycles. The van der Waals surface area contributed by atoms with Gasteiger partial charge < -0.3 is 15.2 Å². The van der Waals surface area contributed by atoms with Gasteiger partial charge >= 0.3 is 5.97 Å². The molecule has 0 fully saturated rings. The average Bonchev–Trinajstić information content (AvgIpc) is 2.44. The Morgan fingerprint density at radius 2 is 2.00 bits per heavy atom. The number of rotatable bonds is 3. The molecule has 0 heterocycles. The summed E-state index contributed by atoms with van der Waals surface area (Å²) in [5.41, 5.74) is 7.39. The Morgan fingerprint density at radius 3 is 2.70 bits per heavy atom. The molecule has 4 nitrogen and oxygen atoms in total. The van der Waals surface area contributed by atoms with Crippen LogP contribution in [0.3, 0.4) is 0 Å². The fourth-order valence-corrected chi connectivity index (χ4v) is 1.90. The van der Waals surface area contributed by atoms with Crippen molar-refractivity contribution in [3.05, 3.63) is 52.5 Å². The summed E-state index contributed by atoms with van der Waals surface area (Å²) in [4.78, 5) is 11.7. The number of nitrogen functional groups attached to an aromatic ring is 1. The largest absolute Gasteiger partial charge is 0.465 e. The highest BCUT2D eigenvalue weighted by Crippen LogP contribution is 2.34. The molecule has 5 heteroatoms. The number of methoxy groups -OCH3 is 1. The van der Waals surface area contributed by atoms with Crippen LogP contribution in [0.2, 0.25) is 5.02 Å². The van der Waals surface area contributed by atoms with Gasteiger partial charge in [0.2, 0.25) is 0 Å². The first kappa shape index (κ1) is 14.2. The lowest BCUT2D eigenvalue weighted by molar-refractivity contribution is 0.0598. The van der Waals surface area contributed by atoms with Crippen molar-refractivity contribution in [1.29, 1.82) is 0 Å². The van der Waals surface area contributed by atoms with E-state index in [9.17, 15) is 4.79 Å². The Labute approximate surface area is 122 Å². The van der Waals surface area contributed by atoms with E-state index in [0.717, 1.165) is 5.56 Å². The molecule has 0 amide bonds. The van der Waals surface area contributed by atoms with Crippen molar-refractivity contribution in [3.63, 3.8) is 0 Å². The topological polar surface area (TPSA) is 61.5 Å². The second-order valence-corrected chi connectivity index (χ2v) is 4.66. The van der Waals surface area contributed by atoms with Gasteiger partial charge in [0, 0.05) is 5.02 Å². The van der Waals surface area contributed by atoms with Gasteiger partial charge in [-0.1, -0.05) is 23.7 Å². The molecule has 0 spiro atoms. The quantitative estimate of drug-likeness (QED) is 0.690. The number of carbonyl (C=O) groups is 1. The molecule has 0 aliphatic heterocycles. The van der Waals surface area contributed by atoms with E-state index in [2.05, 4.69) is 0 Å². The molecule has 2 aromatic rings. The SMILES string of the molecule is COC(=O)c1cccc(N)c1Oc1cc(Cl)ccc1C. The van der Waals surface area contributed by atoms with Gasteiger partial charge in [0.15, 0.2) is 5.75 Å². The number of ether oxygens (including phenoxy) is 2. The van der Waals surface area contributed by atoms with Crippen molar-refractivity contribution in [2.24, 2.45) is 0 Å². The molecular weight excluding hydrogens is 278 g/mol. The van der Waals surface area contributed by atoms with Crippen molar-refractivity contribution in [2.45, 2.75) is 6.92 Å². The molecular formula is C15H14ClNO3. The van der Waals surface area contributed by atoms with Gasteiger partial charge in [-0.15, -0.1) is 0 Å². The predicted molar refractivity (Wildman–Crippen MR) is 78.5 cm³/mol. The molecule has 0 unspecified atom stereocenters. The molecule has 0 radical (unpaired) electrons. The normalized spacial score (nSPS) is 10.2. The zero-order valence-electron chi connectivity index (χ0n) is 11.1. The number of anilines is 1. The molecule has 2 rings (SSSR count).